The lowest BCUT2D eigenvalue weighted by molar-refractivity contribution is -0.384. The lowest BCUT2D eigenvalue weighted by Crippen LogP contribution is -2.25. The zero-order valence-electron chi connectivity index (χ0n) is 12.5. The Hall–Kier alpha value is -1.91. The molecule has 2 rings (SSSR count). The second-order valence-corrected chi connectivity index (χ2v) is 5.88. The molecule has 114 valence electrons. The van der Waals surface area contributed by atoms with Crippen molar-refractivity contribution in [1.82, 2.24) is 0 Å². The standard InChI is InChI=1S/C16H21NO4/c1-11(2)21-16(18)14-5-3-12(4-6-14)13-7-9-15(10-8-13)17(19)20/h7-12,14H,3-6H2,1-2H3. The maximum Gasteiger partial charge on any atom is 0.309 e. The lowest BCUT2D eigenvalue weighted by Gasteiger charge is -2.28. The summed E-state index contributed by atoms with van der Waals surface area (Å²) in [4.78, 5) is 22.1. The molecule has 0 spiro atoms. The third kappa shape index (κ3) is 4.03. The topological polar surface area (TPSA) is 69.4 Å². The second-order valence-electron chi connectivity index (χ2n) is 5.88. The van der Waals surface area contributed by atoms with Crippen LogP contribution in [0.4, 0.5) is 5.69 Å². The number of carbonyl (C=O) groups excluding carboxylic acids is 1. The number of hydrogen-bond donors (Lipinski definition) is 0. The van der Waals surface area contributed by atoms with Gasteiger partial charge in [0.15, 0.2) is 0 Å². The molecule has 1 fully saturated rings. The molecule has 1 aromatic carbocycles. The number of nitrogens with zero attached hydrogens (tertiary/aromatic N) is 1. The molecule has 0 aliphatic heterocycles. The van der Waals surface area contributed by atoms with Crippen LogP contribution >= 0.6 is 0 Å². The van der Waals surface area contributed by atoms with E-state index in [9.17, 15) is 14.9 Å². The summed E-state index contributed by atoms with van der Waals surface area (Å²) in [6.45, 7) is 3.72. The fourth-order valence-electron chi connectivity index (χ4n) is 2.86. The van der Waals surface area contributed by atoms with Gasteiger partial charge in [-0.3, -0.25) is 14.9 Å². The summed E-state index contributed by atoms with van der Waals surface area (Å²) in [5, 5.41) is 10.6. The fourth-order valence-corrected chi connectivity index (χ4v) is 2.86. The van der Waals surface area contributed by atoms with E-state index in [4.69, 9.17) is 4.74 Å². The second kappa shape index (κ2) is 6.70. The summed E-state index contributed by atoms with van der Waals surface area (Å²) in [7, 11) is 0. The van der Waals surface area contributed by atoms with Gasteiger partial charge in [0.2, 0.25) is 0 Å². The van der Waals surface area contributed by atoms with E-state index in [-0.39, 0.29) is 28.6 Å². The highest BCUT2D eigenvalue weighted by molar-refractivity contribution is 5.72. The maximum absolute atomic E-state index is 11.9. The van der Waals surface area contributed by atoms with Gasteiger partial charge in [0.25, 0.3) is 5.69 Å². The molecule has 5 heteroatoms. The molecule has 0 radical (unpaired) electrons. The Kier molecular flexibility index (Phi) is 4.94. The van der Waals surface area contributed by atoms with E-state index in [1.165, 1.54) is 0 Å². The predicted octanol–water partition coefficient (Wildman–Crippen LogP) is 3.82. The van der Waals surface area contributed by atoms with E-state index in [0.29, 0.717) is 5.92 Å². The molecule has 1 aromatic rings. The molecule has 0 heterocycles. The van der Waals surface area contributed by atoms with Crippen molar-refractivity contribution in [2.75, 3.05) is 0 Å². The molecule has 21 heavy (non-hydrogen) atoms. The summed E-state index contributed by atoms with van der Waals surface area (Å²) in [6, 6.07) is 6.76. The molecule has 0 bridgehead atoms. The molecular weight excluding hydrogens is 270 g/mol. The molecule has 0 N–H and O–H groups in total. The quantitative estimate of drug-likeness (QED) is 0.480. The van der Waals surface area contributed by atoms with Crippen LogP contribution in [0.2, 0.25) is 0 Å². The number of benzene rings is 1. The Bertz CT molecular complexity index is 502. The lowest BCUT2D eigenvalue weighted by atomic mass is 9.78. The van der Waals surface area contributed by atoms with E-state index >= 15 is 0 Å². The van der Waals surface area contributed by atoms with Crippen molar-refractivity contribution in [1.29, 1.82) is 0 Å². The summed E-state index contributed by atoms with van der Waals surface area (Å²) in [5.41, 5.74) is 1.24. The Morgan fingerprint density at radius 1 is 1.19 bits per heavy atom. The minimum Gasteiger partial charge on any atom is -0.463 e. The van der Waals surface area contributed by atoms with Crippen molar-refractivity contribution in [3.63, 3.8) is 0 Å². The van der Waals surface area contributed by atoms with Crippen molar-refractivity contribution in [2.45, 2.75) is 51.6 Å². The van der Waals surface area contributed by atoms with Gasteiger partial charge in [-0.2, -0.15) is 0 Å². The Balaban J connectivity index is 1.91. The number of nitro groups is 1. The first-order valence-electron chi connectivity index (χ1n) is 7.42. The van der Waals surface area contributed by atoms with Crippen molar-refractivity contribution < 1.29 is 14.5 Å². The van der Waals surface area contributed by atoms with E-state index < -0.39 is 0 Å². The molecule has 1 aliphatic carbocycles. The van der Waals surface area contributed by atoms with Crippen molar-refractivity contribution in [3.8, 4) is 0 Å². The molecule has 1 aliphatic rings. The molecule has 1 saturated carbocycles. The zero-order valence-corrected chi connectivity index (χ0v) is 12.5. The largest absolute Gasteiger partial charge is 0.463 e. The third-order valence-electron chi connectivity index (χ3n) is 3.99. The van der Waals surface area contributed by atoms with Crippen molar-refractivity contribution in [3.05, 3.63) is 39.9 Å². The van der Waals surface area contributed by atoms with Crippen molar-refractivity contribution in [2.24, 2.45) is 5.92 Å². The smallest absolute Gasteiger partial charge is 0.309 e. The number of rotatable bonds is 4. The number of carbonyl (C=O) groups is 1. The Morgan fingerprint density at radius 2 is 1.76 bits per heavy atom. The fraction of sp³-hybridized carbons (Fsp3) is 0.562. The van der Waals surface area contributed by atoms with E-state index in [0.717, 1.165) is 31.2 Å². The minimum atomic E-state index is -0.386. The maximum atomic E-state index is 11.9. The van der Waals surface area contributed by atoms with Gasteiger partial charge in [0, 0.05) is 12.1 Å². The molecule has 0 unspecified atom stereocenters. The van der Waals surface area contributed by atoms with Gasteiger partial charge < -0.3 is 4.74 Å². The number of nitro benzene ring substituents is 1. The highest BCUT2D eigenvalue weighted by Crippen LogP contribution is 2.36. The molecule has 5 nitrogen and oxygen atoms in total. The Morgan fingerprint density at radius 3 is 2.24 bits per heavy atom. The summed E-state index contributed by atoms with van der Waals surface area (Å²) in [5.74, 6) is 0.294. The van der Waals surface area contributed by atoms with Crippen LogP contribution in [0.5, 0.6) is 0 Å². The van der Waals surface area contributed by atoms with Gasteiger partial charge >= 0.3 is 5.97 Å². The first kappa shape index (κ1) is 15.5. The van der Waals surface area contributed by atoms with Gasteiger partial charge in [-0.25, -0.2) is 0 Å². The van der Waals surface area contributed by atoms with Gasteiger partial charge in [0.1, 0.15) is 0 Å². The van der Waals surface area contributed by atoms with Crippen LogP contribution in [-0.4, -0.2) is 17.0 Å². The predicted molar refractivity (Wildman–Crippen MR) is 79.0 cm³/mol. The number of ether oxygens (including phenoxy) is 1. The van der Waals surface area contributed by atoms with Crippen LogP contribution in [0, 0.1) is 16.0 Å². The average Bonchev–Trinajstić information content (AvgIpc) is 2.47. The molecule has 0 atom stereocenters. The van der Waals surface area contributed by atoms with Crippen LogP contribution in [0.15, 0.2) is 24.3 Å². The zero-order chi connectivity index (χ0) is 15.4. The van der Waals surface area contributed by atoms with Gasteiger partial charge in [-0.15, -0.1) is 0 Å². The highest BCUT2D eigenvalue weighted by atomic mass is 16.6. The van der Waals surface area contributed by atoms with Gasteiger partial charge in [-0.05, 0) is 51.0 Å². The van der Waals surface area contributed by atoms with Gasteiger partial charge in [0.05, 0.1) is 16.9 Å². The number of esters is 1. The summed E-state index contributed by atoms with van der Waals surface area (Å²) >= 11 is 0. The molecule has 0 aromatic heterocycles. The molecule has 0 amide bonds. The summed E-state index contributed by atoms with van der Waals surface area (Å²) < 4.78 is 5.26. The van der Waals surface area contributed by atoms with Crippen molar-refractivity contribution >= 4 is 11.7 Å². The minimum absolute atomic E-state index is 0.00157. The van der Waals surface area contributed by atoms with E-state index in [1.807, 2.05) is 26.0 Å². The Labute approximate surface area is 124 Å². The third-order valence-corrected chi connectivity index (χ3v) is 3.99. The van der Waals surface area contributed by atoms with Crippen LogP contribution in [0.25, 0.3) is 0 Å². The van der Waals surface area contributed by atoms with E-state index in [2.05, 4.69) is 0 Å². The first-order valence-corrected chi connectivity index (χ1v) is 7.42. The number of non-ortho nitro benzene ring substituents is 1. The highest BCUT2D eigenvalue weighted by Gasteiger charge is 2.28. The van der Waals surface area contributed by atoms with Crippen LogP contribution < -0.4 is 0 Å². The van der Waals surface area contributed by atoms with Crippen LogP contribution in [0.3, 0.4) is 0 Å². The number of hydrogen-bond acceptors (Lipinski definition) is 4. The van der Waals surface area contributed by atoms with E-state index in [1.54, 1.807) is 12.1 Å². The normalized spacial score (nSPS) is 22.0. The molecular formula is C16H21NO4. The SMILES string of the molecule is CC(C)OC(=O)C1CCC(c2ccc([N+](=O)[O-])cc2)CC1. The van der Waals surface area contributed by atoms with Gasteiger partial charge in [-0.1, -0.05) is 12.1 Å². The monoisotopic (exact) mass is 291 g/mol. The average molecular weight is 291 g/mol. The molecule has 0 saturated heterocycles. The first-order chi connectivity index (χ1) is 9.97. The van der Waals surface area contributed by atoms with Crippen LogP contribution in [0.1, 0.15) is 51.0 Å². The summed E-state index contributed by atoms with van der Waals surface area (Å²) in [6.07, 6.45) is 3.44. The van der Waals surface area contributed by atoms with Crippen LogP contribution in [-0.2, 0) is 9.53 Å².